The van der Waals surface area contributed by atoms with Crippen molar-refractivity contribution in [2.24, 2.45) is 11.3 Å². The van der Waals surface area contributed by atoms with Crippen molar-refractivity contribution in [3.05, 3.63) is 17.6 Å². The van der Waals surface area contributed by atoms with Gasteiger partial charge in [0.05, 0.1) is 0 Å². The van der Waals surface area contributed by atoms with E-state index in [-0.39, 0.29) is 5.60 Å². The molecule has 1 aliphatic carbocycles. The van der Waals surface area contributed by atoms with E-state index in [0.29, 0.717) is 17.8 Å². The molecule has 1 saturated carbocycles. The number of ether oxygens (including phenoxy) is 1. The number of nitrogens with zero attached hydrogens (tertiary/aromatic N) is 2. The molecule has 0 saturated heterocycles. The molecule has 3 N–H and O–H groups in total. The zero-order valence-corrected chi connectivity index (χ0v) is 13.0. The van der Waals surface area contributed by atoms with E-state index in [4.69, 9.17) is 10.6 Å². The van der Waals surface area contributed by atoms with Crippen LogP contribution in [0.15, 0.2) is 6.07 Å². The maximum Gasteiger partial charge on any atom is 0.162 e. The molecule has 20 heavy (non-hydrogen) atoms. The van der Waals surface area contributed by atoms with Gasteiger partial charge in [-0.2, -0.15) is 0 Å². The summed E-state index contributed by atoms with van der Waals surface area (Å²) in [5, 5.41) is 0. The molecule has 0 spiro atoms. The second kappa shape index (κ2) is 5.66. The lowest BCUT2D eigenvalue weighted by Crippen LogP contribution is -2.39. The number of hydrogen-bond acceptors (Lipinski definition) is 5. The molecule has 0 amide bonds. The van der Waals surface area contributed by atoms with E-state index < -0.39 is 0 Å². The van der Waals surface area contributed by atoms with Crippen LogP contribution in [0.4, 0.5) is 5.82 Å². The third-order valence-corrected chi connectivity index (χ3v) is 4.24. The van der Waals surface area contributed by atoms with Gasteiger partial charge in [-0.15, -0.1) is 0 Å². The molecule has 112 valence electrons. The van der Waals surface area contributed by atoms with Crippen molar-refractivity contribution in [2.75, 3.05) is 12.0 Å². The second-order valence-electron chi connectivity index (χ2n) is 6.45. The number of anilines is 1. The summed E-state index contributed by atoms with van der Waals surface area (Å²) in [5.74, 6) is 6.91. The van der Waals surface area contributed by atoms with Gasteiger partial charge in [-0.05, 0) is 44.9 Å². The Bertz CT molecular complexity index is 463. The molecule has 1 fully saturated rings. The summed E-state index contributed by atoms with van der Waals surface area (Å²) in [4.78, 5) is 9.15. The van der Waals surface area contributed by atoms with Gasteiger partial charge >= 0.3 is 0 Å². The highest BCUT2D eigenvalue weighted by molar-refractivity contribution is 5.35. The van der Waals surface area contributed by atoms with Gasteiger partial charge in [0.15, 0.2) is 5.82 Å². The van der Waals surface area contributed by atoms with Gasteiger partial charge in [-0.3, -0.25) is 0 Å². The number of nitrogens with two attached hydrogens (primary N) is 1. The average molecular weight is 278 g/mol. The Morgan fingerprint density at radius 2 is 1.90 bits per heavy atom. The van der Waals surface area contributed by atoms with Crippen molar-refractivity contribution in [2.45, 2.75) is 59.0 Å². The lowest BCUT2D eigenvalue weighted by atomic mass is 9.70. The molecule has 2 rings (SSSR count). The Hall–Kier alpha value is -1.20. The SMILES string of the molecule is CCOC1(c2nc(C)cc(NN)n2)CCC(C)(C)CC1. The molecule has 0 atom stereocenters. The van der Waals surface area contributed by atoms with Crippen LogP contribution in [0.25, 0.3) is 0 Å². The maximum absolute atomic E-state index is 6.11. The van der Waals surface area contributed by atoms with Crippen LogP contribution in [0.5, 0.6) is 0 Å². The van der Waals surface area contributed by atoms with Crippen LogP contribution < -0.4 is 11.3 Å². The van der Waals surface area contributed by atoms with E-state index >= 15 is 0 Å². The van der Waals surface area contributed by atoms with Gasteiger partial charge in [0.25, 0.3) is 0 Å². The first-order valence-electron chi connectivity index (χ1n) is 7.37. The molecule has 0 radical (unpaired) electrons. The summed E-state index contributed by atoms with van der Waals surface area (Å²) < 4.78 is 6.11. The van der Waals surface area contributed by atoms with Crippen LogP contribution in [0.1, 0.15) is 58.0 Å². The minimum atomic E-state index is -0.359. The van der Waals surface area contributed by atoms with Crippen molar-refractivity contribution in [3.63, 3.8) is 0 Å². The number of hydrogen-bond donors (Lipinski definition) is 2. The molecule has 5 heteroatoms. The Morgan fingerprint density at radius 1 is 1.25 bits per heavy atom. The van der Waals surface area contributed by atoms with Gasteiger partial charge in [-0.25, -0.2) is 15.8 Å². The molecule has 0 aromatic carbocycles. The van der Waals surface area contributed by atoms with Crippen molar-refractivity contribution >= 4 is 5.82 Å². The molecule has 1 heterocycles. The van der Waals surface area contributed by atoms with Crippen LogP contribution in [-0.2, 0) is 10.3 Å². The normalized spacial score (nSPS) is 20.6. The van der Waals surface area contributed by atoms with Crippen molar-refractivity contribution in [3.8, 4) is 0 Å². The monoisotopic (exact) mass is 278 g/mol. The van der Waals surface area contributed by atoms with Crippen LogP contribution >= 0.6 is 0 Å². The van der Waals surface area contributed by atoms with E-state index in [1.807, 2.05) is 19.9 Å². The fraction of sp³-hybridized carbons (Fsp3) is 0.733. The third-order valence-electron chi connectivity index (χ3n) is 4.24. The third kappa shape index (κ3) is 3.10. The molecular weight excluding hydrogens is 252 g/mol. The van der Waals surface area contributed by atoms with Crippen molar-refractivity contribution < 1.29 is 4.74 Å². The zero-order valence-electron chi connectivity index (χ0n) is 13.0. The molecule has 0 bridgehead atoms. The Balaban J connectivity index is 2.36. The van der Waals surface area contributed by atoms with E-state index in [0.717, 1.165) is 37.2 Å². The summed E-state index contributed by atoms with van der Waals surface area (Å²) in [7, 11) is 0. The smallest absolute Gasteiger partial charge is 0.162 e. The standard InChI is InChI=1S/C15H26N4O/c1-5-20-15(8-6-14(3,4)7-9-15)13-17-11(2)10-12(18-13)19-16/h10H,5-9,16H2,1-4H3,(H,17,18,19). The lowest BCUT2D eigenvalue weighted by molar-refractivity contribution is -0.0948. The fourth-order valence-corrected chi connectivity index (χ4v) is 2.89. The van der Waals surface area contributed by atoms with E-state index in [2.05, 4.69) is 29.2 Å². The predicted molar refractivity (Wildman–Crippen MR) is 80.1 cm³/mol. The van der Waals surface area contributed by atoms with Gasteiger partial charge in [0.1, 0.15) is 11.4 Å². The van der Waals surface area contributed by atoms with Crippen LogP contribution in [-0.4, -0.2) is 16.6 Å². The number of nitrogens with one attached hydrogen (secondary N) is 1. The molecule has 1 aromatic heterocycles. The Kier molecular flexibility index (Phi) is 4.30. The summed E-state index contributed by atoms with van der Waals surface area (Å²) in [5.41, 5.74) is 3.54. The first-order valence-corrected chi connectivity index (χ1v) is 7.37. The molecule has 0 unspecified atom stereocenters. The van der Waals surface area contributed by atoms with Gasteiger partial charge < -0.3 is 10.2 Å². The average Bonchev–Trinajstić information content (AvgIpc) is 2.41. The summed E-state index contributed by atoms with van der Waals surface area (Å²) in [6.07, 6.45) is 4.16. The minimum absolute atomic E-state index is 0.359. The van der Waals surface area contributed by atoms with E-state index in [1.54, 1.807) is 0 Å². The van der Waals surface area contributed by atoms with Crippen LogP contribution in [0.2, 0.25) is 0 Å². The summed E-state index contributed by atoms with van der Waals surface area (Å²) in [6, 6.07) is 1.84. The molecular formula is C15H26N4O. The predicted octanol–water partition coefficient (Wildman–Crippen LogP) is 2.90. The second-order valence-corrected chi connectivity index (χ2v) is 6.45. The summed E-state index contributed by atoms with van der Waals surface area (Å²) >= 11 is 0. The first kappa shape index (κ1) is 15.2. The van der Waals surface area contributed by atoms with Gasteiger partial charge in [-0.1, -0.05) is 13.8 Å². The molecule has 1 aliphatic rings. The maximum atomic E-state index is 6.11. The first-order chi connectivity index (χ1) is 9.41. The molecule has 5 nitrogen and oxygen atoms in total. The highest BCUT2D eigenvalue weighted by atomic mass is 16.5. The van der Waals surface area contributed by atoms with E-state index in [1.165, 1.54) is 0 Å². The van der Waals surface area contributed by atoms with Crippen LogP contribution in [0, 0.1) is 12.3 Å². The van der Waals surface area contributed by atoms with Crippen LogP contribution in [0.3, 0.4) is 0 Å². The quantitative estimate of drug-likeness (QED) is 0.654. The highest BCUT2D eigenvalue weighted by Crippen LogP contribution is 2.46. The minimum Gasteiger partial charge on any atom is -0.367 e. The molecule has 1 aromatic rings. The van der Waals surface area contributed by atoms with Crippen molar-refractivity contribution in [1.82, 2.24) is 9.97 Å². The fourth-order valence-electron chi connectivity index (χ4n) is 2.89. The zero-order chi connectivity index (χ0) is 14.8. The van der Waals surface area contributed by atoms with Gasteiger partial charge in [0.2, 0.25) is 0 Å². The van der Waals surface area contributed by atoms with Crippen molar-refractivity contribution in [1.29, 1.82) is 0 Å². The number of nitrogen functional groups attached to an aromatic ring is 1. The summed E-state index contributed by atoms with van der Waals surface area (Å²) in [6.45, 7) is 9.28. The number of aromatic nitrogens is 2. The lowest BCUT2D eigenvalue weighted by Gasteiger charge is -2.42. The highest BCUT2D eigenvalue weighted by Gasteiger charge is 2.42. The number of aryl methyl sites for hydroxylation is 1. The number of hydrazine groups is 1. The Labute approximate surface area is 121 Å². The van der Waals surface area contributed by atoms with E-state index in [9.17, 15) is 0 Å². The topological polar surface area (TPSA) is 73.1 Å². The van der Waals surface area contributed by atoms with Gasteiger partial charge in [0, 0.05) is 18.4 Å². The number of rotatable bonds is 4. The molecule has 0 aliphatic heterocycles. The largest absolute Gasteiger partial charge is 0.367 e. The Morgan fingerprint density at radius 3 is 2.45 bits per heavy atom.